The Balaban J connectivity index is 1.46. The van der Waals surface area contributed by atoms with Crippen LogP contribution in [0.1, 0.15) is 106 Å². The number of carbonyl (C=O) groups is 1. The van der Waals surface area contributed by atoms with Gasteiger partial charge in [0.15, 0.2) is 0 Å². The second kappa shape index (κ2) is 13.2. The van der Waals surface area contributed by atoms with Crippen LogP contribution in [0.15, 0.2) is 42.5 Å². The van der Waals surface area contributed by atoms with E-state index in [4.69, 9.17) is 4.74 Å². The van der Waals surface area contributed by atoms with Crippen LogP contribution in [-0.2, 0) is 11.2 Å². The third-order valence-electron chi connectivity index (χ3n) is 7.05. The molecule has 0 saturated heterocycles. The highest BCUT2D eigenvalue weighted by atomic mass is 16.5. The summed E-state index contributed by atoms with van der Waals surface area (Å²) in [6.45, 7) is 4.35. The molecule has 0 aromatic heterocycles. The monoisotopic (exact) mass is 445 g/mol. The van der Waals surface area contributed by atoms with Crippen LogP contribution in [0.5, 0.6) is 5.75 Å². The smallest absolute Gasteiger partial charge is 0.314 e. The van der Waals surface area contributed by atoms with Gasteiger partial charge in [-0.1, -0.05) is 81.3 Å². The van der Waals surface area contributed by atoms with E-state index in [-0.39, 0.29) is 11.9 Å². The Morgan fingerprint density at radius 1 is 0.939 bits per heavy atom. The van der Waals surface area contributed by atoms with E-state index < -0.39 is 0 Å². The Morgan fingerprint density at radius 2 is 1.61 bits per heavy atom. The van der Waals surface area contributed by atoms with Crippen molar-refractivity contribution in [3.8, 4) is 11.8 Å². The van der Waals surface area contributed by atoms with Crippen molar-refractivity contribution in [2.75, 3.05) is 0 Å². The van der Waals surface area contributed by atoms with E-state index in [9.17, 15) is 10.1 Å². The van der Waals surface area contributed by atoms with Gasteiger partial charge >= 0.3 is 5.97 Å². The molecule has 176 valence electrons. The fourth-order valence-corrected chi connectivity index (χ4v) is 4.89. The summed E-state index contributed by atoms with van der Waals surface area (Å²) in [4.78, 5) is 12.8. The lowest BCUT2D eigenvalue weighted by molar-refractivity contribution is -0.140. The summed E-state index contributed by atoms with van der Waals surface area (Å²) in [6, 6.07) is 16.7. The number of carbonyl (C=O) groups excluding carboxylic acids is 1. The summed E-state index contributed by atoms with van der Waals surface area (Å²) in [5.41, 5.74) is 4.27. The van der Waals surface area contributed by atoms with Crippen LogP contribution in [0.3, 0.4) is 0 Å². The molecule has 2 aromatic carbocycles. The van der Waals surface area contributed by atoms with Crippen molar-refractivity contribution in [1.82, 2.24) is 0 Å². The van der Waals surface area contributed by atoms with Gasteiger partial charge in [-0.15, -0.1) is 0 Å². The SMILES string of the molecule is CCCCCCCCCc1ccc(OC(=O)C2CCC(c3ccc(C)cc3)CC2)c(C#N)c1. The first-order chi connectivity index (χ1) is 16.1. The number of aryl methyl sites for hydroxylation is 2. The van der Waals surface area contributed by atoms with Gasteiger partial charge in [0.25, 0.3) is 0 Å². The number of esters is 1. The highest BCUT2D eigenvalue weighted by Gasteiger charge is 2.29. The van der Waals surface area contributed by atoms with Gasteiger partial charge in [-0.3, -0.25) is 4.79 Å². The van der Waals surface area contributed by atoms with E-state index in [1.807, 2.05) is 18.2 Å². The number of benzene rings is 2. The van der Waals surface area contributed by atoms with Crippen LogP contribution in [0, 0.1) is 24.2 Å². The molecule has 0 heterocycles. The second-order valence-electron chi connectivity index (χ2n) is 9.69. The van der Waals surface area contributed by atoms with Crippen LogP contribution in [0.4, 0.5) is 0 Å². The summed E-state index contributed by atoms with van der Waals surface area (Å²) < 4.78 is 5.71. The third kappa shape index (κ3) is 7.74. The second-order valence-corrected chi connectivity index (χ2v) is 9.69. The Kier molecular flexibility index (Phi) is 10.0. The van der Waals surface area contributed by atoms with Crippen molar-refractivity contribution < 1.29 is 9.53 Å². The fraction of sp³-hybridized carbons (Fsp3) is 0.533. The molecule has 1 fully saturated rings. The predicted octanol–water partition coefficient (Wildman–Crippen LogP) is 8.04. The maximum absolute atomic E-state index is 12.8. The number of unbranched alkanes of at least 4 members (excludes halogenated alkanes) is 6. The number of hydrogen-bond donors (Lipinski definition) is 0. The zero-order valence-electron chi connectivity index (χ0n) is 20.4. The van der Waals surface area contributed by atoms with Crippen molar-refractivity contribution in [1.29, 1.82) is 5.26 Å². The maximum Gasteiger partial charge on any atom is 0.314 e. The lowest BCUT2D eigenvalue weighted by Crippen LogP contribution is -2.25. The normalized spacial score (nSPS) is 18.0. The molecule has 1 saturated carbocycles. The minimum absolute atomic E-state index is 0.0781. The van der Waals surface area contributed by atoms with Crippen molar-refractivity contribution in [3.63, 3.8) is 0 Å². The van der Waals surface area contributed by atoms with Crippen molar-refractivity contribution in [3.05, 3.63) is 64.7 Å². The summed E-state index contributed by atoms with van der Waals surface area (Å²) in [7, 11) is 0. The molecule has 2 aromatic rings. The van der Waals surface area contributed by atoms with Crippen LogP contribution in [0.2, 0.25) is 0 Å². The summed E-state index contributed by atoms with van der Waals surface area (Å²) in [5.74, 6) is 0.668. The molecule has 1 aliphatic rings. The summed E-state index contributed by atoms with van der Waals surface area (Å²) >= 11 is 0. The molecule has 0 amide bonds. The minimum atomic E-state index is -0.186. The highest BCUT2D eigenvalue weighted by molar-refractivity contribution is 5.76. The van der Waals surface area contributed by atoms with Gasteiger partial charge in [0, 0.05) is 0 Å². The lowest BCUT2D eigenvalue weighted by atomic mass is 9.78. The quantitative estimate of drug-likeness (QED) is 0.200. The van der Waals surface area contributed by atoms with Crippen LogP contribution in [0.25, 0.3) is 0 Å². The van der Waals surface area contributed by atoms with Crippen molar-refractivity contribution >= 4 is 5.97 Å². The molecule has 0 atom stereocenters. The summed E-state index contributed by atoms with van der Waals surface area (Å²) in [6.07, 6.45) is 13.6. The van der Waals surface area contributed by atoms with Gasteiger partial charge in [-0.05, 0) is 74.6 Å². The number of nitrogens with zero attached hydrogens (tertiary/aromatic N) is 1. The molecule has 3 rings (SSSR count). The van der Waals surface area contributed by atoms with Crippen molar-refractivity contribution in [2.24, 2.45) is 5.92 Å². The van der Waals surface area contributed by atoms with Gasteiger partial charge in [-0.2, -0.15) is 5.26 Å². The van der Waals surface area contributed by atoms with Gasteiger partial charge in [0.05, 0.1) is 11.5 Å². The molecule has 1 aliphatic carbocycles. The lowest BCUT2D eigenvalue weighted by Gasteiger charge is -2.27. The molecule has 33 heavy (non-hydrogen) atoms. The molecular weight excluding hydrogens is 406 g/mol. The average molecular weight is 446 g/mol. The Morgan fingerprint density at radius 3 is 2.27 bits per heavy atom. The van der Waals surface area contributed by atoms with E-state index in [2.05, 4.69) is 44.2 Å². The van der Waals surface area contributed by atoms with E-state index in [1.165, 1.54) is 49.7 Å². The first-order valence-electron chi connectivity index (χ1n) is 12.9. The molecule has 0 unspecified atom stereocenters. The van der Waals surface area contributed by atoms with E-state index in [1.54, 1.807) is 0 Å². The van der Waals surface area contributed by atoms with Crippen LogP contribution < -0.4 is 4.74 Å². The number of ether oxygens (including phenoxy) is 1. The Labute approximate surface area is 200 Å². The Bertz CT molecular complexity index is 917. The molecular formula is C30H39NO2. The van der Waals surface area contributed by atoms with Crippen LogP contribution >= 0.6 is 0 Å². The zero-order valence-corrected chi connectivity index (χ0v) is 20.4. The highest BCUT2D eigenvalue weighted by Crippen LogP contribution is 2.36. The van der Waals surface area contributed by atoms with E-state index >= 15 is 0 Å². The number of nitriles is 1. The predicted molar refractivity (Wildman–Crippen MR) is 134 cm³/mol. The van der Waals surface area contributed by atoms with Gasteiger partial charge in [-0.25, -0.2) is 0 Å². The van der Waals surface area contributed by atoms with Gasteiger partial charge in [0.1, 0.15) is 11.8 Å². The molecule has 3 heteroatoms. The molecule has 0 N–H and O–H groups in total. The topological polar surface area (TPSA) is 50.1 Å². The van der Waals surface area contributed by atoms with E-state index in [0.29, 0.717) is 17.2 Å². The van der Waals surface area contributed by atoms with Crippen molar-refractivity contribution in [2.45, 2.75) is 96.8 Å². The molecule has 0 aliphatic heterocycles. The third-order valence-corrected chi connectivity index (χ3v) is 7.05. The fourth-order valence-electron chi connectivity index (χ4n) is 4.89. The largest absolute Gasteiger partial charge is 0.425 e. The maximum atomic E-state index is 12.8. The van der Waals surface area contributed by atoms with E-state index in [0.717, 1.165) is 44.1 Å². The first kappa shape index (κ1) is 25.0. The molecule has 3 nitrogen and oxygen atoms in total. The standard InChI is InChI=1S/C30H39NO2/c1-3-4-5-6-7-8-9-10-24-13-20-29(28(21-24)22-31)33-30(32)27-18-16-26(17-19-27)25-14-11-23(2)12-15-25/h11-15,20-21,26-27H,3-10,16-19H2,1-2H3. The minimum Gasteiger partial charge on any atom is -0.425 e. The average Bonchev–Trinajstić information content (AvgIpc) is 2.84. The first-order valence-corrected chi connectivity index (χ1v) is 12.9. The number of hydrogen-bond acceptors (Lipinski definition) is 3. The molecule has 0 radical (unpaired) electrons. The molecule has 0 bridgehead atoms. The van der Waals surface area contributed by atoms with Gasteiger partial charge < -0.3 is 4.74 Å². The zero-order chi connectivity index (χ0) is 23.5. The van der Waals surface area contributed by atoms with Crippen LogP contribution in [-0.4, -0.2) is 5.97 Å². The van der Waals surface area contributed by atoms with Gasteiger partial charge in [0.2, 0.25) is 0 Å². The summed E-state index contributed by atoms with van der Waals surface area (Å²) in [5, 5.41) is 9.60. The molecule has 0 spiro atoms. The number of rotatable bonds is 11. The Hall–Kier alpha value is -2.60.